The molecule has 0 saturated heterocycles. The molecule has 0 amide bonds. The average Bonchev–Trinajstić information content (AvgIpc) is 2.86. The lowest BCUT2D eigenvalue weighted by Crippen LogP contribution is -2.36. The van der Waals surface area contributed by atoms with Crippen molar-refractivity contribution in [2.24, 2.45) is 5.92 Å². The molecule has 112 valence electrons. The van der Waals surface area contributed by atoms with Crippen molar-refractivity contribution in [1.29, 1.82) is 0 Å². The SMILES string of the molecule is CN(Cc1ccn(C2CCCCC2)n1)CC1CC(O)C1. The fraction of sp³-hybridized carbons (Fsp3) is 0.812. The Morgan fingerprint density at radius 3 is 2.75 bits per heavy atom. The largest absolute Gasteiger partial charge is 0.393 e. The summed E-state index contributed by atoms with van der Waals surface area (Å²) in [7, 11) is 2.16. The van der Waals surface area contributed by atoms with Crippen LogP contribution in [-0.4, -0.2) is 39.5 Å². The van der Waals surface area contributed by atoms with Gasteiger partial charge in [-0.15, -0.1) is 0 Å². The molecule has 1 aromatic rings. The summed E-state index contributed by atoms with van der Waals surface area (Å²) in [6, 6.07) is 2.80. The van der Waals surface area contributed by atoms with Gasteiger partial charge in [-0.1, -0.05) is 19.3 Å². The van der Waals surface area contributed by atoms with E-state index < -0.39 is 0 Å². The highest BCUT2D eigenvalue weighted by atomic mass is 16.3. The van der Waals surface area contributed by atoms with Crippen molar-refractivity contribution < 1.29 is 5.11 Å². The second kappa shape index (κ2) is 6.27. The van der Waals surface area contributed by atoms with Gasteiger partial charge in [-0.2, -0.15) is 5.10 Å². The van der Waals surface area contributed by atoms with Crippen molar-refractivity contribution in [2.75, 3.05) is 13.6 Å². The van der Waals surface area contributed by atoms with Crippen LogP contribution in [0.3, 0.4) is 0 Å². The monoisotopic (exact) mass is 277 g/mol. The van der Waals surface area contributed by atoms with Crippen molar-refractivity contribution >= 4 is 0 Å². The first-order chi connectivity index (χ1) is 9.70. The van der Waals surface area contributed by atoms with Crippen molar-refractivity contribution in [1.82, 2.24) is 14.7 Å². The third-order valence-corrected chi connectivity index (χ3v) is 4.82. The fourth-order valence-corrected chi connectivity index (χ4v) is 3.64. The molecular formula is C16H27N3O. The minimum Gasteiger partial charge on any atom is -0.393 e. The van der Waals surface area contributed by atoms with E-state index in [1.54, 1.807) is 0 Å². The number of aromatic nitrogens is 2. The Hall–Kier alpha value is -0.870. The summed E-state index contributed by atoms with van der Waals surface area (Å²) in [6.45, 7) is 2.00. The lowest BCUT2D eigenvalue weighted by Gasteiger charge is -2.34. The molecule has 0 atom stereocenters. The average molecular weight is 277 g/mol. The standard InChI is InChI=1S/C16H27N3O/c1-18(11-13-9-16(20)10-13)12-14-7-8-19(17-14)15-5-3-2-4-6-15/h7-8,13,15-16,20H,2-6,9-12H2,1H3. The highest BCUT2D eigenvalue weighted by molar-refractivity contribution is 5.00. The molecule has 0 aliphatic heterocycles. The predicted octanol–water partition coefficient (Wildman–Crippen LogP) is 2.59. The molecule has 1 N–H and O–H groups in total. The molecule has 0 spiro atoms. The maximum atomic E-state index is 9.33. The van der Waals surface area contributed by atoms with Gasteiger partial charge in [0.15, 0.2) is 0 Å². The summed E-state index contributed by atoms with van der Waals surface area (Å²) in [5.41, 5.74) is 1.18. The van der Waals surface area contributed by atoms with Crippen LogP contribution >= 0.6 is 0 Å². The number of hydrogen-bond donors (Lipinski definition) is 1. The minimum atomic E-state index is -0.0427. The molecule has 0 bridgehead atoms. The second-order valence-electron chi connectivity index (χ2n) is 6.77. The summed E-state index contributed by atoms with van der Waals surface area (Å²) < 4.78 is 2.19. The molecular weight excluding hydrogens is 250 g/mol. The van der Waals surface area contributed by atoms with Gasteiger partial charge in [0.2, 0.25) is 0 Å². The summed E-state index contributed by atoms with van der Waals surface area (Å²) in [5, 5.41) is 14.1. The van der Waals surface area contributed by atoms with E-state index in [0.717, 1.165) is 25.9 Å². The summed E-state index contributed by atoms with van der Waals surface area (Å²) in [6.07, 6.45) is 10.7. The summed E-state index contributed by atoms with van der Waals surface area (Å²) >= 11 is 0. The third-order valence-electron chi connectivity index (χ3n) is 4.82. The second-order valence-corrected chi connectivity index (χ2v) is 6.77. The number of rotatable bonds is 5. The van der Waals surface area contributed by atoms with E-state index in [2.05, 4.69) is 28.9 Å². The van der Waals surface area contributed by atoms with Gasteiger partial charge in [0.25, 0.3) is 0 Å². The van der Waals surface area contributed by atoms with Gasteiger partial charge in [0, 0.05) is 19.3 Å². The lowest BCUT2D eigenvalue weighted by atomic mass is 9.82. The van der Waals surface area contributed by atoms with Crippen LogP contribution in [0.15, 0.2) is 12.3 Å². The Bertz CT molecular complexity index is 419. The Morgan fingerprint density at radius 1 is 1.30 bits per heavy atom. The highest BCUT2D eigenvalue weighted by Gasteiger charge is 2.28. The zero-order chi connectivity index (χ0) is 13.9. The summed E-state index contributed by atoms with van der Waals surface area (Å²) in [5.74, 6) is 0.676. The van der Waals surface area contributed by atoms with Crippen molar-refractivity contribution in [3.8, 4) is 0 Å². The first-order valence-corrected chi connectivity index (χ1v) is 8.11. The van der Waals surface area contributed by atoms with Crippen LogP contribution in [-0.2, 0) is 6.54 Å². The topological polar surface area (TPSA) is 41.3 Å². The minimum absolute atomic E-state index is 0.0427. The predicted molar refractivity (Wildman–Crippen MR) is 79.4 cm³/mol. The van der Waals surface area contributed by atoms with Crippen LogP contribution < -0.4 is 0 Å². The van der Waals surface area contributed by atoms with E-state index in [1.165, 1.54) is 37.8 Å². The van der Waals surface area contributed by atoms with Gasteiger partial charge in [-0.05, 0) is 44.7 Å². The van der Waals surface area contributed by atoms with Crippen molar-refractivity contribution in [3.05, 3.63) is 18.0 Å². The highest BCUT2D eigenvalue weighted by Crippen LogP contribution is 2.29. The quantitative estimate of drug-likeness (QED) is 0.899. The van der Waals surface area contributed by atoms with Gasteiger partial charge in [0.05, 0.1) is 17.8 Å². The van der Waals surface area contributed by atoms with Crippen LogP contribution in [0.5, 0.6) is 0 Å². The van der Waals surface area contributed by atoms with Crippen LogP contribution in [0, 0.1) is 5.92 Å². The van der Waals surface area contributed by atoms with Crippen LogP contribution in [0.25, 0.3) is 0 Å². The normalized spacial score (nSPS) is 27.8. The maximum absolute atomic E-state index is 9.33. The molecule has 4 heteroatoms. The van der Waals surface area contributed by atoms with Crippen LogP contribution in [0.2, 0.25) is 0 Å². The zero-order valence-corrected chi connectivity index (χ0v) is 12.5. The molecule has 3 rings (SSSR count). The van der Waals surface area contributed by atoms with Gasteiger partial charge in [0.1, 0.15) is 0 Å². The Labute approximate surface area is 121 Å². The Morgan fingerprint density at radius 2 is 2.05 bits per heavy atom. The maximum Gasteiger partial charge on any atom is 0.0764 e. The lowest BCUT2D eigenvalue weighted by molar-refractivity contribution is 0.0272. The first-order valence-electron chi connectivity index (χ1n) is 8.11. The number of nitrogens with zero attached hydrogens (tertiary/aromatic N) is 3. The molecule has 2 saturated carbocycles. The van der Waals surface area contributed by atoms with E-state index >= 15 is 0 Å². The summed E-state index contributed by atoms with van der Waals surface area (Å²) in [4.78, 5) is 2.34. The van der Waals surface area contributed by atoms with Crippen LogP contribution in [0.1, 0.15) is 56.7 Å². The Kier molecular flexibility index (Phi) is 4.41. The van der Waals surface area contributed by atoms with Crippen molar-refractivity contribution in [3.63, 3.8) is 0 Å². The number of aliphatic hydroxyl groups excluding tert-OH is 1. The van der Waals surface area contributed by atoms with E-state index in [-0.39, 0.29) is 6.10 Å². The third kappa shape index (κ3) is 3.41. The van der Waals surface area contributed by atoms with Gasteiger partial charge >= 0.3 is 0 Å². The molecule has 2 aliphatic carbocycles. The first kappa shape index (κ1) is 14.1. The van der Waals surface area contributed by atoms with Gasteiger partial charge in [-0.25, -0.2) is 0 Å². The molecule has 0 aromatic carbocycles. The molecule has 2 aliphatic rings. The fourth-order valence-electron chi connectivity index (χ4n) is 3.64. The number of hydrogen-bond acceptors (Lipinski definition) is 3. The van der Waals surface area contributed by atoms with Crippen molar-refractivity contribution in [2.45, 2.75) is 63.6 Å². The van der Waals surface area contributed by atoms with E-state index in [9.17, 15) is 5.11 Å². The van der Waals surface area contributed by atoms with E-state index in [0.29, 0.717) is 12.0 Å². The molecule has 20 heavy (non-hydrogen) atoms. The molecule has 1 heterocycles. The van der Waals surface area contributed by atoms with E-state index in [4.69, 9.17) is 5.10 Å². The molecule has 4 nitrogen and oxygen atoms in total. The van der Waals surface area contributed by atoms with E-state index in [1.807, 2.05) is 0 Å². The number of aliphatic hydroxyl groups is 1. The zero-order valence-electron chi connectivity index (χ0n) is 12.5. The van der Waals surface area contributed by atoms with Gasteiger partial charge < -0.3 is 10.0 Å². The molecule has 1 aromatic heterocycles. The van der Waals surface area contributed by atoms with Crippen LogP contribution in [0.4, 0.5) is 0 Å². The molecule has 2 fully saturated rings. The van der Waals surface area contributed by atoms with Gasteiger partial charge in [-0.3, -0.25) is 4.68 Å². The smallest absolute Gasteiger partial charge is 0.0764 e. The Balaban J connectivity index is 1.48. The molecule has 0 unspecified atom stereocenters. The molecule has 0 radical (unpaired) electrons.